The maximum absolute atomic E-state index is 9.24. The van der Waals surface area contributed by atoms with Crippen LogP contribution < -0.4 is 4.74 Å². The lowest BCUT2D eigenvalue weighted by Crippen LogP contribution is -1.98. The van der Waals surface area contributed by atoms with E-state index in [2.05, 4.69) is 12.1 Å². The smallest absolute Gasteiger partial charge is 0.124 e. The Morgan fingerprint density at radius 3 is 2.40 bits per heavy atom. The molecule has 15 heavy (non-hydrogen) atoms. The van der Waals surface area contributed by atoms with E-state index >= 15 is 0 Å². The van der Waals surface area contributed by atoms with E-state index < -0.39 is 0 Å². The van der Waals surface area contributed by atoms with Gasteiger partial charge in [-0.3, -0.25) is 0 Å². The van der Waals surface area contributed by atoms with E-state index in [1.807, 2.05) is 0 Å². The minimum Gasteiger partial charge on any atom is -0.496 e. The molecule has 0 saturated carbocycles. The van der Waals surface area contributed by atoms with Crippen molar-refractivity contribution in [1.82, 2.24) is 0 Å². The first-order chi connectivity index (χ1) is 7.35. The summed E-state index contributed by atoms with van der Waals surface area (Å²) in [4.78, 5) is 0. The van der Waals surface area contributed by atoms with Crippen molar-refractivity contribution in [2.75, 3.05) is 7.11 Å². The van der Waals surface area contributed by atoms with Gasteiger partial charge in [-0.15, -0.1) is 0 Å². The second kappa shape index (κ2) is 4.67. The minimum absolute atomic E-state index is 0.0659. The molecule has 0 aromatic heterocycles. The largest absolute Gasteiger partial charge is 0.496 e. The summed E-state index contributed by atoms with van der Waals surface area (Å²) < 4.78 is 5.28. The van der Waals surface area contributed by atoms with Crippen LogP contribution in [0.15, 0.2) is 12.1 Å². The van der Waals surface area contributed by atoms with Crippen LogP contribution in [0, 0.1) is 0 Å². The summed E-state index contributed by atoms with van der Waals surface area (Å²) >= 11 is 0. The SMILES string of the molecule is COc1cc2c(cc1CO)CCCCC2. The van der Waals surface area contributed by atoms with Gasteiger partial charge in [0.15, 0.2) is 0 Å². The summed E-state index contributed by atoms with van der Waals surface area (Å²) in [7, 11) is 1.66. The maximum Gasteiger partial charge on any atom is 0.124 e. The number of aryl methyl sites for hydroxylation is 2. The number of aliphatic hydroxyl groups excluding tert-OH is 1. The van der Waals surface area contributed by atoms with Gasteiger partial charge < -0.3 is 9.84 Å². The Morgan fingerprint density at radius 1 is 1.13 bits per heavy atom. The Morgan fingerprint density at radius 2 is 1.80 bits per heavy atom. The van der Waals surface area contributed by atoms with E-state index in [1.165, 1.54) is 30.4 Å². The number of benzene rings is 1. The summed E-state index contributed by atoms with van der Waals surface area (Å²) in [6, 6.07) is 4.21. The maximum atomic E-state index is 9.24. The van der Waals surface area contributed by atoms with Crippen LogP contribution >= 0.6 is 0 Å². The van der Waals surface area contributed by atoms with Crippen LogP contribution in [0.1, 0.15) is 36.0 Å². The quantitative estimate of drug-likeness (QED) is 0.753. The third-order valence-electron chi connectivity index (χ3n) is 3.17. The number of aliphatic hydroxyl groups is 1. The van der Waals surface area contributed by atoms with E-state index in [1.54, 1.807) is 7.11 Å². The van der Waals surface area contributed by atoms with Crippen LogP contribution in [0.4, 0.5) is 0 Å². The molecule has 82 valence electrons. The number of rotatable bonds is 2. The molecule has 1 N–H and O–H groups in total. The van der Waals surface area contributed by atoms with Crippen LogP contribution in [0.2, 0.25) is 0 Å². The molecule has 1 aliphatic rings. The van der Waals surface area contributed by atoms with Gasteiger partial charge in [0.25, 0.3) is 0 Å². The summed E-state index contributed by atoms with van der Waals surface area (Å²) in [6.45, 7) is 0.0659. The van der Waals surface area contributed by atoms with Gasteiger partial charge in [-0.25, -0.2) is 0 Å². The van der Waals surface area contributed by atoms with Crippen LogP contribution in [0.25, 0.3) is 0 Å². The van der Waals surface area contributed by atoms with Crippen LogP contribution in [0.5, 0.6) is 5.75 Å². The molecule has 0 bridgehead atoms. The van der Waals surface area contributed by atoms with Crippen molar-refractivity contribution < 1.29 is 9.84 Å². The lowest BCUT2D eigenvalue weighted by atomic mass is 9.99. The Balaban J connectivity index is 2.41. The molecule has 0 atom stereocenters. The van der Waals surface area contributed by atoms with Gasteiger partial charge in [0.2, 0.25) is 0 Å². The molecule has 1 aliphatic carbocycles. The number of methoxy groups -OCH3 is 1. The highest BCUT2D eigenvalue weighted by atomic mass is 16.5. The molecule has 2 rings (SSSR count). The highest BCUT2D eigenvalue weighted by Gasteiger charge is 2.12. The van der Waals surface area contributed by atoms with Gasteiger partial charge in [0, 0.05) is 5.56 Å². The third-order valence-corrected chi connectivity index (χ3v) is 3.17. The zero-order valence-electron chi connectivity index (χ0n) is 9.25. The molecule has 0 aliphatic heterocycles. The minimum atomic E-state index is 0.0659. The molecule has 0 amide bonds. The fraction of sp³-hybridized carbons (Fsp3) is 0.538. The van der Waals surface area contributed by atoms with Gasteiger partial charge in [-0.1, -0.05) is 6.42 Å². The molecule has 0 spiro atoms. The Hall–Kier alpha value is -1.02. The third kappa shape index (κ3) is 2.15. The normalized spacial score (nSPS) is 15.6. The zero-order chi connectivity index (χ0) is 10.7. The Kier molecular flexibility index (Phi) is 3.27. The van der Waals surface area contributed by atoms with Crippen molar-refractivity contribution in [3.8, 4) is 5.75 Å². The first-order valence-electron chi connectivity index (χ1n) is 5.64. The fourth-order valence-electron chi connectivity index (χ4n) is 2.30. The standard InChI is InChI=1S/C13H18O2/c1-15-13-8-11-6-4-2-3-5-10(11)7-12(13)9-14/h7-8,14H,2-6,9H2,1H3. The molecule has 0 heterocycles. The zero-order valence-corrected chi connectivity index (χ0v) is 9.25. The first kappa shape index (κ1) is 10.5. The molecule has 2 nitrogen and oxygen atoms in total. The highest BCUT2D eigenvalue weighted by Crippen LogP contribution is 2.28. The van der Waals surface area contributed by atoms with E-state index in [4.69, 9.17) is 4.74 Å². The van der Waals surface area contributed by atoms with Crippen molar-refractivity contribution in [2.24, 2.45) is 0 Å². The lowest BCUT2D eigenvalue weighted by molar-refractivity contribution is 0.273. The van der Waals surface area contributed by atoms with Crippen molar-refractivity contribution in [1.29, 1.82) is 0 Å². The number of fused-ring (bicyclic) bond motifs is 1. The van der Waals surface area contributed by atoms with Gasteiger partial charge in [0.1, 0.15) is 5.75 Å². The monoisotopic (exact) mass is 206 g/mol. The summed E-state index contributed by atoms with van der Waals surface area (Å²) in [5, 5.41) is 9.24. The molecule has 0 saturated heterocycles. The Labute approximate surface area is 90.9 Å². The summed E-state index contributed by atoms with van der Waals surface area (Å²) in [5.41, 5.74) is 3.72. The molecular formula is C13H18O2. The van der Waals surface area contributed by atoms with Crippen LogP contribution in [-0.2, 0) is 19.4 Å². The number of ether oxygens (including phenoxy) is 1. The summed E-state index contributed by atoms with van der Waals surface area (Å²) in [5.74, 6) is 0.832. The number of hydrogen-bond donors (Lipinski definition) is 1. The van der Waals surface area contributed by atoms with Crippen molar-refractivity contribution in [3.63, 3.8) is 0 Å². The molecule has 0 unspecified atom stereocenters. The van der Waals surface area contributed by atoms with Crippen LogP contribution in [-0.4, -0.2) is 12.2 Å². The van der Waals surface area contributed by atoms with Gasteiger partial charge >= 0.3 is 0 Å². The van der Waals surface area contributed by atoms with E-state index in [0.29, 0.717) is 0 Å². The molecule has 1 aromatic rings. The van der Waals surface area contributed by atoms with E-state index in [-0.39, 0.29) is 6.61 Å². The summed E-state index contributed by atoms with van der Waals surface area (Å²) in [6.07, 6.45) is 6.15. The van der Waals surface area contributed by atoms with Crippen molar-refractivity contribution in [3.05, 3.63) is 28.8 Å². The van der Waals surface area contributed by atoms with Crippen molar-refractivity contribution in [2.45, 2.75) is 38.7 Å². The predicted octanol–water partition coefficient (Wildman–Crippen LogP) is 2.46. The topological polar surface area (TPSA) is 29.5 Å². The first-order valence-corrected chi connectivity index (χ1v) is 5.64. The van der Waals surface area contributed by atoms with Gasteiger partial charge in [0.05, 0.1) is 13.7 Å². The second-order valence-electron chi connectivity index (χ2n) is 4.15. The average Bonchev–Trinajstić information content (AvgIpc) is 2.51. The fourth-order valence-corrected chi connectivity index (χ4v) is 2.30. The van der Waals surface area contributed by atoms with Crippen LogP contribution in [0.3, 0.4) is 0 Å². The second-order valence-corrected chi connectivity index (χ2v) is 4.15. The molecule has 0 radical (unpaired) electrons. The highest BCUT2D eigenvalue weighted by molar-refractivity contribution is 5.43. The van der Waals surface area contributed by atoms with Crippen molar-refractivity contribution >= 4 is 0 Å². The lowest BCUT2D eigenvalue weighted by Gasteiger charge is -2.12. The predicted molar refractivity (Wildman–Crippen MR) is 60.2 cm³/mol. The Bertz CT molecular complexity index is 312. The van der Waals surface area contributed by atoms with E-state index in [9.17, 15) is 5.11 Å². The molecule has 2 heteroatoms. The van der Waals surface area contributed by atoms with Gasteiger partial charge in [-0.05, 0) is 48.9 Å². The van der Waals surface area contributed by atoms with E-state index in [0.717, 1.165) is 24.2 Å². The molecule has 0 fully saturated rings. The average molecular weight is 206 g/mol. The van der Waals surface area contributed by atoms with Gasteiger partial charge in [-0.2, -0.15) is 0 Å². The molecule has 1 aromatic carbocycles. The molecular weight excluding hydrogens is 188 g/mol. The number of hydrogen-bond acceptors (Lipinski definition) is 2.